The molecule has 0 bridgehead atoms. The summed E-state index contributed by atoms with van der Waals surface area (Å²) in [6.45, 7) is 5.27. The summed E-state index contributed by atoms with van der Waals surface area (Å²) >= 11 is 0. The first-order chi connectivity index (χ1) is 20.2. The lowest BCUT2D eigenvalue weighted by atomic mass is 10.1. The maximum absolute atomic E-state index is 12.5. The fourth-order valence-electron chi connectivity index (χ4n) is 3.48. The van der Waals surface area contributed by atoms with Gasteiger partial charge in [0.2, 0.25) is 0 Å². The van der Waals surface area contributed by atoms with Crippen LogP contribution in [0.5, 0.6) is 17.2 Å². The van der Waals surface area contributed by atoms with Crippen LogP contribution < -0.4 is 14.2 Å². The van der Waals surface area contributed by atoms with E-state index >= 15 is 0 Å². The molecule has 0 aliphatic rings. The van der Waals surface area contributed by atoms with Crippen LogP contribution in [0, 0.1) is 0 Å². The zero-order valence-corrected chi connectivity index (χ0v) is 23.0. The van der Waals surface area contributed by atoms with Crippen molar-refractivity contribution >= 4 is 29.8 Å². The molecule has 0 spiro atoms. The van der Waals surface area contributed by atoms with E-state index in [1.807, 2.05) is 0 Å². The Hall–Kier alpha value is -5.25. The summed E-state index contributed by atoms with van der Waals surface area (Å²) in [4.78, 5) is 59.1. The Morgan fingerprint density at radius 3 is 1.40 bits per heavy atom. The quantitative estimate of drug-likeness (QED) is 0.0553. The molecule has 10 nitrogen and oxygen atoms in total. The van der Waals surface area contributed by atoms with E-state index in [4.69, 9.17) is 23.7 Å². The minimum atomic E-state index is -0.864. The minimum absolute atomic E-state index is 0.0929. The molecule has 0 atom stereocenters. The smallest absolute Gasteiger partial charge is 0.463 e. The van der Waals surface area contributed by atoms with Gasteiger partial charge in [0.05, 0.1) is 24.3 Å². The highest BCUT2D eigenvalue weighted by Gasteiger charge is 2.13. The number of carbonyl (C=O) groups is 5. The predicted molar refractivity (Wildman–Crippen MR) is 151 cm³/mol. The normalized spacial score (nSPS) is 10.2. The first-order valence-electron chi connectivity index (χ1n) is 13.1. The standard InChI is InChI=1S/C32H30O10/c1-3-29(34)38-20-6-4-5-7-21-39-32(37)42-28-18-12-25(13-19-28)31(36)41-27-16-10-24(11-17-27)30(35)40-26-14-8-23(9-15-26)22(2)33/h3,8-19H,1,4-7,20-21H2,2H3. The molecule has 3 rings (SSSR count). The van der Waals surface area contributed by atoms with Crippen molar-refractivity contribution in [2.75, 3.05) is 13.2 Å². The topological polar surface area (TPSA) is 132 Å². The molecule has 10 heteroatoms. The molecule has 0 unspecified atom stereocenters. The molecule has 0 aliphatic heterocycles. The van der Waals surface area contributed by atoms with Gasteiger partial charge in [-0.05, 0) is 105 Å². The summed E-state index contributed by atoms with van der Waals surface area (Å²) in [5, 5.41) is 0. The zero-order valence-electron chi connectivity index (χ0n) is 23.0. The number of ether oxygens (including phenoxy) is 5. The minimum Gasteiger partial charge on any atom is -0.463 e. The van der Waals surface area contributed by atoms with Crippen LogP contribution in [0.15, 0.2) is 85.5 Å². The van der Waals surface area contributed by atoms with Gasteiger partial charge in [0, 0.05) is 11.6 Å². The molecular formula is C32H30O10. The number of esters is 3. The highest BCUT2D eigenvalue weighted by atomic mass is 16.7. The van der Waals surface area contributed by atoms with Crippen molar-refractivity contribution in [3.63, 3.8) is 0 Å². The van der Waals surface area contributed by atoms with E-state index in [1.165, 1.54) is 67.6 Å². The van der Waals surface area contributed by atoms with Crippen LogP contribution >= 0.6 is 0 Å². The molecule has 218 valence electrons. The molecule has 0 fully saturated rings. The van der Waals surface area contributed by atoms with Crippen molar-refractivity contribution in [2.24, 2.45) is 0 Å². The van der Waals surface area contributed by atoms with Gasteiger partial charge in [0.15, 0.2) is 5.78 Å². The van der Waals surface area contributed by atoms with Crippen molar-refractivity contribution in [2.45, 2.75) is 32.6 Å². The molecule has 0 saturated heterocycles. The molecule has 3 aromatic rings. The zero-order chi connectivity index (χ0) is 30.3. The lowest BCUT2D eigenvalue weighted by Crippen LogP contribution is -2.12. The van der Waals surface area contributed by atoms with Gasteiger partial charge in [-0.2, -0.15) is 0 Å². The van der Waals surface area contributed by atoms with E-state index in [0.717, 1.165) is 18.9 Å². The van der Waals surface area contributed by atoms with E-state index < -0.39 is 24.1 Å². The molecule has 0 heterocycles. The Kier molecular flexibility index (Phi) is 12.0. The summed E-state index contributed by atoms with van der Waals surface area (Å²) < 4.78 is 25.7. The van der Waals surface area contributed by atoms with Crippen molar-refractivity contribution in [3.05, 3.63) is 102 Å². The van der Waals surface area contributed by atoms with Crippen LogP contribution in [-0.2, 0) is 14.3 Å². The van der Waals surface area contributed by atoms with Crippen LogP contribution in [0.3, 0.4) is 0 Å². The summed E-state index contributed by atoms with van der Waals surface area (Å²) in [6, 6.07) is 17.8. The molecule has 0 aromatic heterocycles. The molecule has 0 aliphatic carbocycles. The number of hydrogen-bond acceptors (Lipinski definition) is 10. The second-order valence-corrected chi connectivity index (χ2v) is 8.89. The molecular weight excluding hydrogens is 544 g/mol. The van der Waals surface area contributed by atoms with E-state index in [1.54, 1.807) is 12.1 Å². The summed E-state index contributed by atoms with van der Waals surface area (Å²) in [7, 11) is 0. The first-order valence-corrected chi connectivity index (χ1v) is 13.1. The Morgan fingerprint density at radius 2 is 0.976 bits per heavy atom. The highest BCUT2D eigenvalue weighted by Crippen LogP contribution is 2.19. The molecule has 0 radical (unpaired) electrons. The molecule has 0 amide bonds. The number of Topliss-reactive ketones (excluding diaryl/α,β-unsaturated/α-hetero) is 1. The van der Waals surface area contributed by atoms with Gasteiger partial charge in [-0.15, -0.1) is 0 Å². The highest BCUT2D eigenvalue weighted by molar-refractivity contribution is 5.95. The van der Waals surface area contributed by atoms with Crippen molar-refractivity contribution < 1.29 is 47.7 Å². The van der Waals surface area contributed by atoms with Gasteiger partial charge >= 0.3 is 24.1 Å². The van der Waals surface area contributed by atoms with E-state index in [-0.39, 0.29) is 35.0 Å². The fourth-order valence-corrected chi connectivity index (χ4v) is 3.48. The van der Waals surface area contributed by atoms with Gasteiger partial charge < -0.3 is 23.7 Å². The Labute approximate surface area is 242 Å². The van der Waals surface area contributed by atoms with Gasteiger partial charge in [0.25, 0.3) is 0 Å². The third kappa shape index (κ3) is 10.4. The number of carbonyl (C=O) groups excluding carboxylic acids is 5. The number of benzene rings is 3. The Morgan fingerprint density at radius 1 is 0.571 bits per heavy atom. The van der Waals surface area contributed by atoms with Crippen molar-refractivity contribution in [1.29, 1.82) is 0 Å². The monoisotopic (exact) mass is 574 g/mol. The number of ketones is 1. The average Bonchev–Trinajstić information content (AvgIpc) is 2.99. The Balaban J connectivity index is 1.38. The van der Waals surface area contributed by atoms with Gasteiger partial charge in [-0.1, -0.05) is 6.58 Å². The van der Waals surface area contributed by atoms with Gasteiger partial charge in [0.1, 0.15) is 17.2 Å². The second kappa shape index (κ2) is 16.1. The maximum Gasteiger partial charge on any atom is 0.513 e. The van der Waals surface area contributed by atoms with Crippen LogP contribution in [0.2, 0.25) is 0 Å². The summed E-state index contributed by atoms with van der Waals surface area (Å²) in [6.07, 6.45) is 3.20. The van der Waals surface area contributed by atoms with E-state index in [2.05, 4.69) is 6.58 Å². The first kappa shape index (κ1) is 31.3. The molecule has 0 saturated carbocycles. The lowest BCUT2D eigenvalue weighted by molar-refractivity contribution is -0.137. The third-order valence-corrected chi connectivity index (χ3v) is 5.73. The SMILES string of the molecule is C=CC(=O)OCCCCCCOC(=O)Oc1ccc(C(=O)Oc2ccc(C(=O)Oc3ccc(C(C)=O)cc3)cc2)cc1. The summed E-state index contributed by atoms with van der Waals surface area (Å²) in [5.41, 5.74) is 0.963. The average molecular weight is 575 g/mol. The predicted octanol–water partition coefficient (Wildman–Crippen LogP) is 6.13. The molecule has 42 heavy (non-hydrogen) atoms. The largest absolute Gasteiger partial charge is 0.513 e. The number of rotatable bonds is 14. The van der Waals surface area contributed by atoms with E-state index in [9.17, 15) is 24.0 Å². The van der Waals surface area contributed by atoms with Gasteiger partial charge in [-0.25, -0.2) is 19.2 Å². The molecule has 0 N–H and O–H groups in total. The van der Waals surface area contributed by atoms with Crippen molar-refractivity contribution in [1.82, 2.24) is 0 Å². The number of hydrogen-bond donors (Lipinski definition) is 0. The van der Waals surface area contributed by atoms with Gasteiger partial charge in [-0.3, -0.25) is 4.79 Å². The van der Waals surface area contributed by atoms with Crippen LogP contribution in [0.4, 0.5) is 4.79 Å². The fraction of sp³-hybridized carbons (Fsp3) is 0.219. The maximum atomic E-state index is 12.5. The van der Waals surface area contributed by atoms with E-state index in [0.29, 0.717) is 30.8 Å². The molecule has 3 aromatic carbocycles. The van der Waals surface area contributed by atoms with Crippen molar-refractivity contribution in [3.8, 4) is 17.2 Å². The Bertz CT molecular complexity index is 1390. The summed E-state index contributed by atoms with van der Waals surface area (Å²) in [5.74, 6) is -1.11. The number of unbranched alkanes of at least 4 members (excludes halogenated alkanes) is 3. The second-order valence-electron chi connectivity index (χ2n) is 8.89. The van der Waals surface area contributed by atoms with Crippen LogP contribution in [-0.4, -0.2) is 43.1 Å². The van der Waals surface area contributed by atoms with Crippen LogP contribution in [0.1, 0.15) is 63.7 Å². The van der Waals surface area contributed by atoms with Crippen LogP contribution in [0.25, 0.3) is 0 Å². The lowest BCUT2D eigenvalue weighted by Gasteiger charge is -2.08. The third-order valence-electron chi connectivity index (χ3n) is 5.73.